The molecular formula is C19H25N5O6S. The van der Waals surface area contributed by atoms with Gasteiger partial charge in [0.15, 0.2) is 0 Å². The van der Waals surface area contributed by atoms with Gasteiger partial charge in [0, 0.05) is 52.0 Å². The standard InChI is InChI=1S/C19H25N5O6S/c1-29-12-11-22-7-9-23(10-8-22)17-5-4-16(13-18(17)24(25)26)31(27,28)21-15-3-6-19(30-2)20-14-15/h3-6,13-14,21H,7-12H2,1-2H3. The van der Waals surface area contributed by atoms with E-state index in [1.165, 1.54) is 37.6 Å². The van der Waals surface area contributed by atoms with Gasteiger partial charge in [0.25, 0.3) is 15.7 Å². The number of nitrogens with zero attached hydrogens (tertiary/aromatic N) is 4. The minimum absolute atomic E-state index is 0.197. The number of ether oxygens (including phenoxy) is 2. The molecule has 1 aliphatic rings. The second kappa shape index (κ2) is 9.90. The van der Waals surface area contributed by atoms with Crippen molar-refractivity contribution < 1.29 is 22.8 Å². The molecule has 0 saturated carbocycles. The predicted octanol–water partition coefficient (Wildman–Crippen LogP) is 1.57. The molecule has 0 unspecified atom stereocenters. The number of hydrogen-bond donors (Lipinski definition) is 1. The van der Waals surface area contributed by atoms with Crippen molar-refractivity contribution >= 4 is 27.1 Å². The normalized spacial score (nSPS) is 15.0. The Bertz CT molecular complexity index is 1010. The van der Waals surface area contributed by atoms with E-state index in [4.69, 9.17) is 9.47 Å². The molecule has 11 nitrogen and oxygen atoms in total. The van der Waals surface area contributed by atoms with E-state index in [2.05, 4.69) is 14.6 Å². The number of nitro groups is 1. The van der Waals surface area contributed by atoms with Crippen LogP contribution in [0, 0.1) is 10.1 Å². The zero-order valence-electron chi connectivity index (χ0n) is 17.4. The summed E-state index contributed by atoms with van der Waals surface area (Å²) in [5, 5.41) is 11.7. The number of anilines is 2. The van der Waals surface area contributed by atoms with E-state index in [0.717, 1.165) is 25.7 Å². The SMILES string of the molecule is COCCN1CCN(c2ccc(S(=O)(=O)Nc3ccc(OC)nc3)cc2[N+](=O)[O-])CC1. The lowest BCUT2D eigenvalue weighted by Gasteiger charge is -2.35. The van der Waals surface area contributed by atoms with Gasteiger partial charge in [-0.1, -0.05) is 0 Å². The average Bonchev–Trinajstić information content (AvgIpc) is 2.78. The van der Waals surface area contributed by atoms with Gasteiger partial charge in [0.05, 0.1) is 35.4 Å². The van der Waals surface area contributed by atoms with Crippen molar-refractivity contribution in [3.8, 4) is 5.88 Å². The molecule has 1 aromatic carbocycles. The lowest BCUT2D eigenvalue weighted by molar-refractivity contribution is -0.384. The second-order valence-electron chi connectivity index (χ2n) is 6.92. The summed E-state index contributed by atoms with van der Waals surface area (Å²) in [5.74, 6) is 0.338. The van der Waals surface area contributed by atoms with Crippen molar-refractivity contribution in [1.29, 1.82) is 0 Å². The molecule has 31 heavy (non-hydrogen) atoms. The van der Waals surface area contributed by atoms with E-state index >= 15 is 0 Å². The van der Waals surface area contributed by atoms with Crippen molar-refractivity contribution in [3.63, 3.8) is 0 Å². The first-order valence-corrected chi connectivity index (χ1v) is 11.1. The molecule has 2 heterocycles. The quantitative estimate of drug-likeness (QED) is 0.446. The Hall–Kier alpha value is -2.96. The van der Waals surface area contributed by atoms with Crippen LogP contribution in [0.2, 0.25) is 0 Å². The summed E-state index contributed by atoms with van der Waals surface area (Å²) in [7, 11) is -0.933. The van der Waals surface area contributed by atoms with E-state index in [-0.39, 0.29) is 16.3 Å². The first kappa shape index (κ1) is 22.7. The number of piperazine rings is 1. The summed E-state index contributed by atoms with van der Waals surface area (Å²) in [6.45, 7) is 4.12. The molecule has 168 valence electrons. The van der Waals surface area contributed by atoms with E-state index < -0.39 is 14.9 Å². The monoisotopic (exact) mass is 451 g/mol. The summed E-state index contributed by atoms with van der Waals surface area (Å²) in [5.41, 5.74) is 0.377. The number of methoxy groups -OCH3 is 2. The number of benzene rings is 1. The summed E-state index contributed by atoms with van der Waals surface area (Å²) in [6, 6.07) is 6.96. The van der Waals surface area contributed by atoms with Gasteiger partial charge in [0.2, 0.25) is 5.88 Å². The highest BCUT2D eigenvalue weighted by atomic mass is 32.2. The number of nitro benzene ring substituents is 1. The van der Waals surface area contributed by atoms with Gasteiger partial charge in [-0.15, -0.1) is 0 Å². The smallest absolute Gasteiger partial charge is 0.293 e. The minimum atomic E-state index is -4.03. The van der Waals surface area contributed by atoms with Crippen LogP contribution < -0.4 is 14.4 Å². The van der Waals surface area contributed by atoms with Crippen LogP contribution in [0.25, 0.3) is 0 Å². The maximum absolute atomic E-state index is 12.7. The van der Waals surface area contributed by atoms with Crippen LogP contribution in [0.5, 0.6) is 5.88 Å². The molecule has 0 radical (unpaired) electrons. The van der Waals surface area contributed by atoms with Crippen LogP contribution in [-0.4, -0.2) is 76.8 Å². The predicted molar refractivity (Wildman–Crippen MR) is 115 cm³/mol. The van der Waals surface area contributed by atoms with Crippen molar-refractivity contribution in [3.05, 3.63) is 46.6 Å². The van der Waals surface area contributed by atoms with E-state index in [9.17, 15) is 18.5 Å². The molecule has 3 rings (SSSR count). The number of sulfonamides is 1. The van der Waals surface area contributed by atoms with E-state index in [1.54, 1.807) is 7.11 Å². The van der Waals surface area contributed by atoms with Gasteiger partial charge in [-0.3, -0.25) is 19.7 Å². The molecule has 0 atom stereocenters. The highest BCUT2D eigenvalue weighted by Crippen LogP contribution is 2.32. The number of rotatable bonds is 9. The maximum atomic E-state index is 12.7. The van der Waals surface area contributed by atoms with Gasteiger partial charge < -0.3 is 14.4 Å². The zero-order chi connectivity index (χ0) is 22.4. The van der Waals surface area contributed by atoms with Crippen LogP contribution in [0.3, 0.4) is 0 Å². The van der Waals surface area contributed by atoms with Crippen LogP contribution >= 0.6 is 0 Å². The minimum Gasteiger partial charge on any atom is -0.481 e. The van der Waals surface area contributed by atoms with Crippen molar-refractivity contribution in [2.75, 3.05) is 63.2 Å². The first-order valence-electron chi connectivity index (χ1n) is 9.61. The molecule has 1 aromatic heterocycles. The van der Waals surface area contributed by atoms with Gasteiger partial charge in [-0.25, -0.2) is 13.4 Å². The topological polar surface area (TPSA) is 127 Å². The van der Waals surface area contributed by atoms with Gasteiger partial charge in [0.1, 0.15) is 5.69 Å². The molecule has 0 amide bonds. The third kappa shape index (κ3) is 5.60. The van der Waals surface area contributed by atoms with Crippen LogP contribution in [0.1, 0.15) is 0 Å². The summed E-state index contributed by atoms with van der Waals surface area (Å²) in [4.78, 5) is 19.0. The Morgan fingerprint density at radius 3 is 2.48 bits per heavy atom. The fourth-order valence-corrected chi connectivity index (χ4v) is 4.36. The van der Waals surface area contributed by atoms with Crippen LogP contribution in [-0.2, 0) is 14.8 Å². The highest BCUT2D eigenvalue weighted by molar-refractivity contribution is 7.92. The molecule has 1 N–H and O–H groups in total. The fraction of sp³-hybridized carbons (Fsp3) is 0.421. The Morgan fingerprint density at radius 2 is 1.90 bits per heavy atom. The molecule has 0 bridgehead atoms. The van der Waals surface area contributed by atoms with Gasteiger partial charge in [-0.05, 0) is 18.2 Å². The largest absolute Gasteiger partial charge is 0.481 e. The van der Waals surface area contributed by atoms with E-state index in [0.29, 0.717) is 31.3 Å². The Balaban J connectivity index is 1.79. The lowest BCUT2D eigenvalue weighted by atomic mass is 10.2. The second-order valence-corrected chi connectivity index (χ2v) is 8.61. The van der Waals surface area contributed by atoms with Gasteiger partial charge >= 0.3 is 0 Å². The molecule has 1 fully saturated rings. The fourth-order valence-electron chi connectivity index (χ4n) is 3.29. The van der Waals surface area contributed by atoms with Gasteiger partial charge in [-0.2, -0.15) is 0 Å². The Morgan fingerprint density at radius 1 is 1.16 bits per heavy atom. The summed E-state index contributed by atoms with van der Waals surface area (Å²) in [6.07, 6.45) is 1.31. The average molecular weight is 452 g/mol. The Kier molecular flexibility index (Phi) is 7.25. The van der Waals surface area contributed by atoms with E-state index in [1.807, 2.05) is 4.90 Å². The lowest BCUT2D eigenvalue weighted by Crippen LogP contribution is -2.47. The molecule has 0 spiro atoms. The number of pyridine rings is 1. The van der Waals surface area contributed by atoms with Crippen LogP contribution in [0.4, 0.5) is 17.1 Å². The van der Waals surface area contributed by atoms with Crippen molar-refractivity contribution in [2.24, 2.45) is 0 Å². The molecule has 12 heteroatoms. The first-order chi connectivity index (χ1) is 14.8. The summed E-state index contributed by atoms with van der Waals surface area (Å²) >= 11 is 0. The number of nitrogens with one attached hydrogen (secondary N) is 1. The van der Waals surface area contributed by atoms with Crippen molar-refractivity contribution in [1.82, 2.24) is 9.88 Å². The molecule has 2 aromatic rings. The Labute approximate surface area is 180 Å². The summed E-state index contributed by atoms with van der Waals surface area (Å²) < 4.78 is 37.9. The number of hydrogen-bond acceptors (Lipinski definition) is 9. The molecular weight excluding hydrogens is 426 g/mol. The van der Waals surface area contributed by atoms with Crippen molar-refractivity contribution in [2.45, 2.75) is 4.90 Å². The third-order valence-electron chi connectivity index (χ3n) is 4.98. The molecule has 0 aliphatic carbocycles. The zero-order valence-corrected chi connectivity index (χ0v) is 18.2. The third-order valence-corrected chi connectivity index (χ3v) is 6.36. The van der Waals surface area contributed by atoms with Crippen LogP contribution in [0.15, 0.2) is 41.4 Å². The molecule has 1 aliphatic heterocycles. The molecule has 1 saturated heterocycles. The highest BCUT2D eigenvalue weighted by Gasteiger charge is 2.26. The number of aromatic nitrogens is 1. The maximum Gasteiger partial charge on any atom is 0.293 e.